The van der Waals surface area contributed by atoms with Gasteiger partial charge in [0.25, 0.3) is 0 Å². The lowest BCUT2D eigenvalue weighted by Crippen LogP contribution is -2.54. The van der Waals surface area contributed by atoms with Gasteiger partial charge in [-0.05, 0) is 44.2 Å². The third-order valence-electron chi connectivity index (χ3n) is 6.04. The van der Waals surface area contributed by atoms with Gasteiger partial charge < -0.3 is 15.5 Å². The standard InChI is InChI=1S/C25H23Cl2F2N5OS/c1-13-11-33(12-14(2)31-13)21-9-20-19(32-24(21)36-22-7-6-15(28)8-18(22)29)10-30-25(35)34(20)23-16(26)4-3-5-17(23)27/h3-9,13-14,31H,10-12H2,1-2H3,(H,30,35). The number of rotatable bonds is 4. The summed E-state index contributed by atoms with van der Waals surface area (Å²) in [7, 11) is 0. The number of piperazine rings is 1. The molecule has 3 heterocycles. The van der Waals surface area contributed by atoms with E-state index in [2.05, 4.69) is 29.4 Å². The molecule has 6 nitrogen and oxygen atoms in total. The second kappa shape index (κ2) is 10.0. The number of nitrogens with zero attached hydrogens (tertiary/aromatic N) is 3. The lowest BCUT2D eigenvalue weighted by atomic mass is 10.1. The molecule has 2 aromatic carbocycles. The van der Waals surface area contributed by atoms with Crippen molar-refractivity contribution in [2.45, 2.75) is 42.4 Å². The fourth-order valence-electron chi connectivity index (χ4n) is 4.60. The Morgan fingerprint density at radius 1 is 1.03 bits per heavy atom. The SMILES string of the molecule is CC1CN(c2cc3c(nc2Sc2ccc(F)cc2F)CNC(=O)N3c2c(Cl)cccc2Cl)CC(C)N1. The zero-order valence-electron chi connectivity index (χ0n) is 19.5. The summed E-state index contributed by atoms with van der Waals surface area (Å²) in [4.78, 5) is 21.8. The van der Waals surface area contributed by atoms with Gasteiger partial charge in [0.1, 0.15) is 16.7 Å². The molecule has 5 rings (SSSR count). The molecule has 1 fully saturated rings. The molecule has 2 aliphatic rings. The minimum absolute atomic E-state index is 0.181. The van der Waals surface area contributed by atoms with Crippen LogP contribution in [0, 0.1) is 11.6 Å². The fourth-order valence-corrected chi connectivity index (χ4v) is 6.11. The summed E-state index contributed by atoms with van der Waals surface area (Å²) >= 11 is 14.1. The summed E-state index contributed by atoms with van der Waals surface area (Å²) in [5.41, 5.74) is 2.23. The molecule has 0 aliphatic carbocycles. The van der Waals surface area contributed by atoms with E-state index < -0.39 is 11.6 Å². The molecule has 0 bridgehead atoms. The van der Waals surface area contributed by atoms with Gasteiger partial charge in [-0.1, -0.05) is 41.0 Å². The lowest BCUT2D eigenvalue weighted by Gasteiger charge is -2.39. The summed E-state index contributed by atoms with van der Waals surface area (Å²) in [6.07, 6.45) is 0. The highest BCUT2D eigenvalue weighted by Crippen LogP contribution is 2.44. The van der Waals surface area contributed by atoms with E-state index in [9.17, 15) is 13.6 Å². The van der Waals surface area contributed by atoms with Crippen LogP contribution in [0.4, 0.5) is 30.6 Å². The van der Waals surface area contributed by atoms with Crippen molar-refractivity contribution in [1.82, 2.24) is 15.6 Å². The minimum atomic E-state index is -0.662. The molecule has 0 radical (unpaired) electrons. The average Bonchev–Trinajstić information content (AvgIpc) is 2.81. The predicted octanol–water partition coefficient (Wildman–Crippen LogP) is 6.37. The first-order valence-electron chi connectivity index (χ1n) is 11.4. The topological polar surface area (TPSA) is 60.5 Å². The van der Waals surface area contributed by atoms with Crippen LogP contribution in [0.3, 0.4) is 0 Å². The van der Waals surface area contributed by atoms with Gasteiger partial charge in [0.2, 0.25) is 0 Å². The van der Waals surface area contributed by atoms with E-state index in [1.54, 1.807) is 18.2 Å². The summed E-state index contributed by atoms with van der Waals surface area (Å²) in [6.45, 7) is 5.72. The van der Waals surface area contributed by atoms with Crippen LogP contribution in [0.2, 0.25) is 10.0 Å². The Bertz CT molecular complexity index is 1310. The third kappa shape index (κ3) is 4.85. The third-order valence-corrected chi connectivity index (χ3v) is 7.69. The number of carbonyl (C=O) groups is 1. The van der Waals surface area contributed by atoms with Gasteiger partial charge in [0, 0.05) is 36.1 Å². The Labute approximate surface area is 222 Å². The number of hydrogen-bond donors (Lipinski definition) is 2. The van der Waals surface area contributed by atoms with Crippen molar-refractivity contribution in [2.24, 2.45) is 0 Å². The monoisotopic (exact) mass is 549 g/mol. The highest BCUT2D eigenvalue weighted by atomic mass is 35.5. The highest BCUT2D eigenvalue weighted by Gasteiger charge is 2.33. The highest BCUT2D eigenvalue weighted by molar-refractivity contribution is 7.99. The van der Waals surface area contributed by atoms with Gasteiger partial charge in [-0.25, -0.2) is 18.6 Å². The van der Waals surface area contributed by atoms with E-state index in [1.807, 2.05) is 6.07 Å². The number of amides is 2. The summed E-state index contributed by atoms with van der Waals surface area (Å²) in [5, 5.41) is 7.52. The van der Waals surface area contributed by atoms with Gasteiger partial charge in [0.05, 0.1) is 39.3 Å². The first-order chi connectivity index (χ1) is 17.2. The van der Waals surface area contributed by atoms with Crippen molar-refractivity contribution in [3.05, 3.63) is 69.8 Å². The van der Waals surface area contributed by atoms with Crippen molar-refractivity contribution in [3.63, 3.8) is 0 Å². The zero-order valence-corrected chi connectivity index (χ0v) is 21.8. The van der Waals surface area contributed by atoms with Gasteiger partial charge in [-0.3, -0.25) is 4.90 Å². The van der Waals surface area contributed by atoms with Crippen LogP contribution in [-0.2, 0) is 6.54 Å². The van der Waals surface area contributed by atoms with Crippen LogP contribution in [0.25, 0.3) is 0 Å². The van der Waals surface area contributed by atoms with E-state index >= 15 is 0 Å². The number of aromatic nitrogens is 1. The maximum atomic E-state index is 14.6. The van der Waals surface area contributed by atoms with Crippen molar-refractivity contribution in [2.75, 3.05) is 22.9 Å². The largest absolute Gasteiger partial charge is 0.366 e. The number of nitrogens with one attached hydrogen (secondary N) is 2. The Morgan fingerprint density at radius 3 is 2.39 bits per heavy atom. The Kier molecular flexibility index (Phi) is 7.00. The van der Waals surface area contributed by atoms with Crippen molar-refractivity contribution in [3.8, 4) is 0 Å². The fraction of sp³-hybridized carbons (Fsp3) is 0.280. The van der Waals surface area contributed by atoms with Gasteiger partial charge in [0.15, 0.2) is 0 Å². The Balaban J connectivity index is 1.67. The van der Waals surface area contributed by atoms with Gasteiger partial charge in [-0.2, -0.15) is 0 Å². The first kappa shape index (κ1) is 25.1. The molecule has 11 heteroatoms. The molecule has 2 aliphatic heterocycles. The molecule has 1 aromatic heterocycles. The second-order valence-corrected chi connectivity index (χ2v) is 10.7. The molecule has 3 aromatic rings. The Hall–Kier alpha value is -2.59. The molecular formula is C25H23Cl2F2N5OS. The second-order valence-electron chi connectivity index (χ2n) is 8.89. The smallest absolute Gasteiger partial charge is 0.326 e. The van der Waals surface area contributed by atoms with E-state index in [-0.39, 0.29) is 29.6 Å². The van der Waals surface area contributed by atoms with Crippen LogP contribution in [-0.4, -0.2) is 36.2 Å². The predicted molar refractivity (Wildman–Crippen MR) is 140 cm³/mol. The van der Waals surface area contributed by atoms with Crippen molar-refractivity contribution < 1.29 is 13.6 Å². The molecule has 188 valence electrons. The summed E-state index contributed by atoms with van der Waals surface area (Å²) < 4.78 is 28.1. The van der Waals surface area contributed by atoms with Crippen molar-refractivity contribution in [1.29, 1.82) is 0 Å². The maximum Gasteiger partial charge on any atom is 0.326 e. The van der Waals surface area contributed by atoms with Crippen LogP contribution in [0.5, 0.6) is 0 Å². The molecule has 36 heavy (non-hydrogen) atoms. The molecule has 2 amide bonds. The number of para-hydroxylation sites is 1. The van der Waals surface area contributed by atoms with Crippen LogP contribution < -0.4 is 20.4 Å². The van der Waals surface area contributed by atoms with Gasteiger partial charge >= 0.3 is 6.03 Å². The minimum Gasteiger partial charge on any atom is -0.366 e. The maximum absolute atomic E-state index is 14.6. The molecular weight excluding hydrogens is 527 g/mol. The van der Waals surface area contributed by atoms with Crippen molar-refractivity contribution >= 4 is 58.1 Å². The van der Waals surface area contributed by atoms with E-state index in [0.717, 1.165) is 23.5 Å². The number of anilines is 3. The number of halogens is 4. The first-order valence-corrected chi connectivity index (χ1v) is 13.0. The number of carbonyl (C=O) groups excluding carboxylic acids is 1. The van der Waals surface area contributed by atoms with Crippen LogP contribution in [0.15, 0.2) is 52.4 Å². The molecule has 0 spiro atoms. The summed E-state index contributed by atoms with van der Waals surface area (Å²) in [5.74, 6) is -1.31. The van der Waals surface area contributed by atoms with E-state index in [0.29, 0.717) is 45.2 Å². The normalized spacial score (nSPS) is 19.8. The van der Waals surface area contributed by atoms with E-state index in [1.165, 1.54) is 17.0 Å². The summed E-state index contributed by atoms with van der Waals surface area (Å²) in [6, 6.07) is 10.4. The molecule has 0 saturated carbocycles. The van der Waals surface area contributed by atoms with E-state index in [4.69, 9.17) is 28.2 Å². The molecule has 2 N–H and O–H groups in total. The van der Waals surface area contributed by atoms with Gasteiger partial charge in [-0.15, -0.1) is 0 Å². The zero-order chi connectivity index (χ0) is 25.6. The molecule has 2 unspecified atom stereocenters. The molecule has 2 atom stereocenters. The number of pyridine rings is 1. The lowest BCUT2D eigenvalue weighted by molar-refractivity contribution is 0.246. The number of hydrogen-bond acceptors (Lipinski definition) is 5. The molecule has 1 saturated heterocycles. The quantitative estimate of drug-likeness (QED) is 0.396. The average molecular weight is 550 g/mol. The van der Waals surface area contributed by atoms with Crippen LogP contribution >= 0.6 is 35.0 Å². The number of benzene rings is 2. The number of fused-ring (bicyclic) bond motifs is 1. The van der Waals surface area contributed by atoms with Crippen LogP contribution in [0.1, 0.15) is 19.5 Å². The Morgan fingerprint density at radius 2 is 1.72 bits per heavy atom. The number of urea groups is 1.